The Morgan fingerprint density at radius 2 is 2.08 bits per heavy atom. The van der Waals surface area contributed by atoms with Crippen LogP contribution in [-0.2, 0) is 4.79 Å². The molecule has 0 aliphatic heterocycles. The number of fused-ring (bicyclic) bond motifs is 1. The van der Waals surface area contributed by atoms with Gasteiger partial charge in [-0.15, -0.1) is 11.3 Å². The van der Waals surface area contributed by atoms with E-state index >= 15 is 0 Å². The second kappa shape index (κ2) is 7.20. The van der Waals surface area contributed by atoms with Gasteiger partial charge in [-0.25, -0.2) is 4.98 Å². The summed E-state index contributed by atoms with van der Waals surface area (Å²) in [5.41, 5.74) is 3.65. The fourth-order valence-corrected chi connectivity index (χ4v) is 4.15. The van der Waals surface area contributed by atoms with Crippen LogP contribution < -0.4 is 5.32 Å². The minimum atomic E-state index is -0.427. The molecule has 1 amide bonds. The van der Waals surface area contributed by atoms with E-state index in [1.54, 1.807) is 6.07 Å². The summed E-state index contributed by atoms with van der Waals surface area (Å²) >= 11 is 2.67. The fraction of sp³-hybridized carbons (Fsp3) is 0.176. The van der Waals surface area contributed by atoms with Gasteiger partial charge in [0, 0.05) is 17.8 Å². The van der Waals surface area contributed by atoms with Gasteiger partial charge >= 0.3 is 0 Å². The number of rotatable bonds is 5. The van der Waals surface area contributed by atoms with E-state index < -0.39 is 4.92 Å². The first-order valence-electron chi connectivity index (χ1n) is 7.47. The Bertz CT molecular complexity index is 969. The topological polar surface area (TPSA) is 85.1 Å². The van der Waals surface area contributed by atoms with Crippen LogP contribution in [0.1, 0.15) is 11.1 Å². The van der Waals surface area contributed by atoms with E-state index in [4.69, 9.17) is 0 Å². The first-order valence-corrected chi connectivity index (χ1v) is 9.27. The monoisotopic (exact) mass is 373 g/mol. The van der Waals surface area contributed by atoms with Gasteiger partial charge in [-0.2, -0.15) is 0 Å². The minimum Gasteiger partial charge on any atom is -0.325 e. The summed E-state index contributed by atoms with van der Waals surface area (Å²) in [7, 11) is 0. The number of hydrogen-bond acceptors (Lipinski definition) is 6. The largest absolute Gasteiger partial charge is 0.325 e. The molecular formula is C17H15N3O3S2. The van der Waals surface area contributed by atoms with Crippen molar-refractivity contribution < 1.29 is 9.72 Å². The van der Waals surface area contributed by atoms with Crippen molar-refractivity contribution in [2.24, 2.45) is 0 Å². The SMILES string of the molecule is Cc1ccc(C)c(NC(=O)CSc2nc3ccc([N+](=O)[O-])cc3s2)c1. The third-order valence-electron chi connectivity index (χ3n) is 3.56. The van der Waals surface area contributed by atoms with Crippen LogP contribution in [0, 0.1) is 24.0 Å². The lowest BCUT2D eigenvalue weighted by atomic mass is 10.1. The summed E-state index contributed by atoms with van der Waals surface area (Å²) in [6.07, 6.45) is 0. The number of aryl methyl sites for hydroxylation is 2. The van der Waals surface area contributed by atoms with E-state index in [-0.39, 0.29) is 17.3 Å². The maximum atomic E-state index is 12.2. The Kier molecular flexibility index (Phi) is 5.00. The van der Waals surface area contributed by atoms with Crippen LogP contribution in [0.15, 0.2) is 40.7 Å². The van der Waals surface area contributed by atoms with Gasteiger partial charge in [-0.1, -0.05) is 23.9 Å². The number of carbonyl (C=O) groups excluding carboxylic acids is 1. The number of benzene rings is 2. The summed E-state index contributed by atoms with van der Waals surface area (Å²) in [6, 6.07) is 10.5. The van der Waals surface area contributed by atoms with Gasteiger partial charge in [0.25, 0.3) is 5.69 Å². The van der Waals surface area contributed by atoms with E-state index in [1.807, 2.05) is 32.0 Å². The van der Waals surface area contributed by atoms with Gasteiger partial charge in [-0.05, 0) is 37.1 Å². The van der Waals surface area contributed by atoms with Crippen molar-refractivity contribution in [2.45, 2.75) is 18.2 Å². The molecular weight excluding hydrogens is 358 g/mol. The van der Waals surface area contributed by atoms with E-state index in [1.165, 1.54) is 35.2 Å². The van der Waals surface area contributed by atoms with Crippen LogP contribution >= 0.6 is 23.1 Å². The predicted octanol–water partition coefficient (Wildman–Crippen LogP) is 4.55. The van der Waals surface area contributed by atoms with Crippen LogP contribution in [-0.4, -0.2) is 21.6 Å². The van der Waals surface area contributed by atoms with Crippen LogP contribution in [0.4, 0.5) is 11.4 Å². The molecule has 0 aliphatic rings. The van der Waals surface area contributed by atoms with Crippen LogP contribution in [0.25, 0.3) is 10.2 Å². The van der Waals surface area contributed by atoms with Crippen molar-refractivity contribution >= 4 is 50.6 Å². The maximum Gasteiger partial charge on any atom is 0.270 e. The first-order chi connectivity index (χ1) is 11.9. The summed E-state index contributed by atoms with van der Waals surface area (Å²) in [5, 5.41) is 13.7. The van der Waals surface area contributed by atoms with Gasteiger partial charge in [0.05, 0.1) is 20.9 Å². The second-order valence-electron chi connectivity index (χ2n) is 5.54. The summed E-state index contributed by atoms with van der Waals surface area (Å²) < 4.78 is 1.46. The number of hydrogen-bond donors (Lipinski definition) is 1. The molecule has 0 saturated carbocycles. The molecule has 0 spiro atoms. The third-order valence-corrected chi connectivity index (χ3v) is 5.72. The molecule has 1 heterocycles. The predicted molar refractivity (Wildman–Crippen MR) is 102 cm³/mol. The van der Waals surface area contributed by atoms with Gasteiger partial charge in [-0.3, -0.25) is 14.9 Å². The lowest BCUT2D eigenvalue weighted by molar-refractivity contribution is -0.384. The fourth-order valence-electron chi connectivity index (χ4n) is 2.25. The van der Waals surface area contributed by atoms with Crippen molar-refractivity contribution in [1.82, 2.24) is 4.98 Å². The number of anilines is 1. The lowest BCUT2D eigenvalue weighted by Crippen LogP contribution is -2.14. The molecule has 6 nitrogen and oxygen atoms in total. The molecule has 2 aromatic carbocycles. The Balaban J connectivity index is 1.66. The molecule has 0 saturated heterocycles. The highest BCUT2D eigenvalue weighted by Crippen LogP contribution is 2.31. The number of nitrogens with zero attached hydrogens (tertiary/aromatic N) is 2. The molecule has 0 unspecified atom stereocenters. The minimum absolute atomic E-state index is 0.0420. The normalized spacial score (nSPS) is 10.8. The van der Waals surface area contributed by atoms with Crippen LogP contribution in [0.5, 0.6) is 0 Å². The highest BCUT2D eigenvalue weighted by atomic mass is 32.2. The number of non-ortho nitro benzene ring substituents is 1. The zero-order valence-electron chi connectivity index (χ0n) is 13.6. The zero-order valence-corrected chi connectivity index (χ0v) is 15.2. The molecule has 0 atom stereocenters. The molecule has 1 N–H and O–H groups in total. The Hall–Kier alpha value is -2.45. The van der Waals surface area contributed by atoms with E-state index in [0.29, 0.717) is 9.86 Å². The molecule has 1 aromatic heterocycles. The van der Waals surface area contributed by atoms with Gasteiger partial charge in [0.15, 0.2) is 4.34 Å². The Morgan fingerprint density at radius 1 is 1.28 bits per heavy atom. The third kappa shape index (κ3) is 4.15. The van der Waals surface area contributed by atoms with Crippen molar-refractivity contribution in [3.63, 3.8) is 0 Å². The number of thioether (sulfide) groups is 1. The number of carbonyl (C=O) groups is 1. The molecule has 0 bridgehead atoms. The number of amides is 1. The number of nitro groups is 1. The number of thiazole rings is 1. The number of nitrogens with one attached hydrogen (secondary N) is 1. The standard InChI is InChI=1S/C17H15N3O3S2/c1-10-3-4-11(2)14(7-10)18-16(21)9-24-17-19-13-6-5-12(20(22)23)8-15(13)25-17/h3-8H,9H2,1-2H3,(H,18,21). The van der Waals surface area contributed by atoms with E-state index in [0.717, 1.165) is 21.5 Å². The molecule has 0 aliphatic carbocycles. The zero-order chi connectivity index (χ0) is 18.0. The van der Waals surface area contributed by atoms with Crippen LogP contribution in [0.2, 0.25) is 0 Å². The van der Waals surface area contributed by atoms with Crippen molar-refractivity contribution in [2.75, 3.05) is 11.1 Å². The Labute approximate surface area is 152 Å². The molecule has 3 aromatic rings. The van der Waals surface area contributed by atoms with Gasteiger partial charge in [0.1, 0.15) is 0 Å². The van der Waals surface area contributed by atoms with Crippen molar-refractivity contribution in [3.05, 3.63) is 57.6 Å². The average molecular weight is 373 g/mol. The second-order valence-corrected chi connectivity index (χ2v) is 7.80. The number of aromatic nitrogens is 1. The van der Waals surface area contributed by atoms with E-state index in [2.05, 4.69) is 10.3 Å². The molecule has 128 valence electrons. The molecule has 3 rings (SSSR count). The Morgan fingerprint density at radius 3 is 2.84 bits per heavy atom. The van der Waals surface area contributed by atoms with Crippen molar-refractivity contribution in [3.8, 4) is 0 Å². The molecule has 25 heavy (non-hydrogen) atoms. The molecule has 0 radical (unpaired) electrons. The maximum absolute atomic E-state index is 12.2. The molecule has 0 fully saturated rings. The summed E-state index contributed by atoms with van der Waals surface area (Å²) in [6.45, 7) is 3.92. The average Bonchev–Trinajstić information content (AvgIpc) is 2.98. The molecule has 8 heteroatoms. The van der Waals surface area contributed by atoms with Crippen LogP contribution in [0.3, 0.4) is 0 Å². The quantitative estimate of drug-likeness (QED) is 0.403. The van der Waals surface area contributed by atoms with Crippen molar-refractivity contribution in [1.29, 1.82) is 0 Å². The summed E-state index contributed by atoms with van der Waals surface area (Å²) in [5.74, 6) is 0.124. The number of nitro benzene ring substituents is 1. The first kappa shape index (κ1) is 17.4. The van der Waals surface area contributed by atoms with Gasteiger partial charge < -0.3 is 5.32 Å². The highest BCUT2D eigenvalue weighted by molar-refractivity contribution is 8.01. The lowest BCUT2D eigenvalue weighted by Gasteiger charge is -2.08. The van der Waals surface area contributed by atoms with E-state index in [9.17, 15) is 14.9 Å². The highest BCUT2D eigenvalue weighted by Gasteiger charge is 2.12. The summed E-state index contributed by atoms with van der Waals surface area (Å²) in [4.78, 5) is 27.0. The van der Waals surface area contributed by atoms with Gasteiger partial charge in [0.2, 0.25) is 5.91 Å². The smallest absolute Gasteiger partial charge is 0.270 e.